The average Bonchev–Trinajstić information content (AvgIpc) is 2.66. The van der Waals surface area contributed by atoms with Crippen LogP contribution in [0.15, 0.2) is 78.9 Å². The van der Waals surface area contributed by atoms with Crippen LogP contribution in [0.4, 0.5) is 0 Å². The molecule has 1 unspecified atom stereocenters. The number of para-hydroxylation sites is 1. The lowest BCUT2D eigenvalue weighted by molar-refractivity contribution is 0.185. The van der Waals surface area contributed by atoms with E-state index in [2.05, 4.69) is 0 Å². The number of ether oxygens (including phenoxy) is 2. The monoisotopic (exact) mass is 334 g/mol. The van der Waals surface area contributed by atoms with Crippen molar-refractivity contribution in [3.05, 3.63) is 95.6 Å². The molecule has 0 bridgehead atoms. The van der Waals surface area contributed by atoms with Crippen LogP contribution in [0.3, 0.4) is 0 Å². The summed E-state index contributed by atoms with van der Waals surface area (Å²) < 4.78 is 12.0. The standard InChI is InChI=1S/C22H22O3/c1-17(23)20-13-8-14-21(24-15-18-9-4-2-5-10-18)22(20)25-16-19-11-6-3-7-12-19/h2-14,17,23H,15-16H2,1H3. The summed E-state index contributed by atoms with van der Waals surface area (Å²) >= 11 is 0. The molecule has 1 atom stereocenters. The number of aliphatic hydroxyl groups is 1. The summed E-state index contributed by atoms with van der Waals surface area (Å²) in [6.07, 6.45) is -0.633. The highest BCUT2D eigenvalue weighted by molar-refractivity contribution is 5.47. The zero-order valence-electron chi connectivity index (χ0n) is 14.3. The molecule has 0 heterocycles. The molecule has 0 amide bonds. The van der Waals surface area contributed by atoms with Crippen LogP contribution in [0.1, 0.15) is 29.7 Å². The van der Waals surface area contributed by atoms with Gasteiger partial charge >= 0.3 is 0 Å². The maximum Gasteiger partial charge on any atom is 0.167 e. The summed E-state index contributed by atoms with van der Waals surface area (Å²) in [4.78, 5) is 0. The fourth-order valence-electron chi connectivity index (χ4n) is 2.59. The summed E-state index contributed by atoms with van der Waals surface area (Å²) in [7, 11) is 0. The molecule has 3 aromatic carbocycles. The van der Waals surface area contributed by atoms with Gasteiger partial charge in [0.2, 0.25) is 0 Å². The molecule has 3 nitrogen and oxygen atoms in total. The van der Waals surface area contributed by atoms with Gasteiger partial charge < -0.3 is 14.6 Å². The van der Waals surface area contributed by atoms with Crippen LogP contribution in [0.2, 0.25) is 0 Å². The lowest BCUT2D eigenvalue weighted by Crippen LogP contribution is -2.04. The van der Waals surface area contributed by atoms with Crippen molar-refractivity contribution in [1.29, 1.82) is 0 Å². The lowest BCUT2D eigenvalue weighted by Gasteiger charge is -2.18. The zero-order valence-corrected chi connectivity index (χ0v) is 14.3. The van der Waals surface area contributed by atoms with E-state index >= 15 is 0 Å². The predicted octanol–water partition coefficient (Wildman–Crippen LogP) is 4.90. The Morgan fingerprint density at radius 1 is 0.720 bits per heavy atom. The van der Waals surface area contributed by atoms with Crippen molar-refractivity contribution in [3.8, 4) is 11.5 Å². The molecule has 0 aliphatic rings. The lowest BCUT2D eigenvalue weighted by atomic mass is 10.1. The normalized spacial score (nSPS) is 11.8. The van der Waals surface area contributed by atoms with Crippen molar-refractivity contribution >= 4 is 0 Å². The van der Waals surface area contributed by atoms with Gasteiger partial charge in [-0.2, -0.15) is 0 Å². The van der Waals surface area contributed by atoms with Gasteiger partial charge in [-0.05, 0) is 24.1 Å². The number of rotatable bonds is 7. The molecule has 3 rings (SSSR count). The van der Waals surface area contributed by atoms with E-state index in [9.17, 15) is 5.11 Å². The van der Waals surface area contributed by atoms with Crippen LogP contribution < -0.4 is 9.47 Å². The maximum absolute atomic E-state index is 10.1. The van der Waals surface area contributed by atoms with E-state index < -0.39 is 6.10 Å². The van der Waals surface area contributed by atoms with Crippen LogP contribution in [-0.2, 0) is 13.2 Å². The van der Waals surface area contributed by atoms with E-state index in [1.807, 2.05) is 78.9 Å². The Bertz CT molecular complexity index is 783. The molecular weight excluding hydrogens is 312 g/mol. The summed E-state index contributed by atoms with van der Waals surface area (Å²) in [6.45, 7) is 2.60. The minimum atomic E-state index is -0.633. The van der Waals surface area contributed by atoms with Gasteiger partial charge in [0.05, 0.1) is 6.10 Å². The first-order valence-corrected chi connectivity index (χ1v) is 8.38. The second kappa shape index (κ2) is 8.36. The molecule has 128 valence electrons. The van der Waals surface area contributed by atoms with Crippen LogP contribution >= 0.6 is 0 Å². The molecular formula is C22H22O3. The fraction of sp³-hybridized carbons (Fsp3) is 0.182. The minimum absolute atomic E-state index is 0.423. The van der Waals surface area contributed by atoms with Crippen molar-refractivity contribution < 1.29 is 14.6 Å². The van der Waals surface area contributed by atoms with E-state index in [-0.39, 0.29) is 0 Å². The second-order valence-corrected chi connectivity index (χ2v) is 5.90. The Hall–Kier alpha value is -2.78. The summed E-state index contributed by atoms with van der Waals surface area (Å²) in [5.41, 5.74) is 2.87. The topological polar surface area (TPSA) is 38.7 Å². The zero-order chi connectivity index (χ0) is 17.5. The van der Waals surface area contributed by atoms with Gasteiger partial charge in [-0.25, -0.2) is 0 Å². The molecule has 0 aliphatic carbocycles. The van der Waals surface area contributed by atoms with Crippen molar-refractivity contribution in [2.24, 2.45) is 0 Å². The van der Waals surface area contributed by atoms with Crippen molar-refractivity contribution in [3.63, 3.8) is 0 Å². The molecule has 3 heteroatoms. The van der Waals surface area contributed by atoms with Crippen LogP contribution in [0.5, 0.6) is 11.5 Å². The Labute approximate surface area is 148 Å². The molecule has 0 aliphatic heterocycles. The molecule has 0 spiro atoms. The van der Waals surface area contributed by atoms with E-state index in [1.54, 1.807) is 6.92 Å². The first kappa shape index (κ1) is 17.1. The van der Waals surface area contributed by atoms with Gasteiger partial charge in [-0.1, -0.05) is 72.8 Å². The summed E-state index contributed by atoms with van der Waals surface area (Å²) in [5.74, 6) is 1.23. The van der Waals surface area contributed by atoms with Gasteiger partial charge in [-0.3, -0.25) is 0 Å². The van der Waals surface area contributed by atoms with Gasteiger partial charge in [0, 0.05) is 5.56 Å². The molecule has 1 N–H and O–H groups in total. The maximum atomic E-state index is 10.1. The Balaban J connectivity index is 1.80. The molecule has 3 aromatic rings. The summed E-state index contributed by atoms with van der Waals surface area (Å²) in [5, 5.41) is 10.1. The van der Waals surface area contributed by atoms with Crippen LogP contribution in [0.25, 0.3) is 0 Å². The number of benzene rings is 3. The highest BCUT2D eigenvalue weighted by Crippen LogP contribution is 2.36. The number of hydrogen-bond acceptors (Lipinski definition) is 3. The molecule has 0 fully saturated rings. The molecule has 0 radical (unpaired) electrons. The smallest absolute Gasteiger partial charge is 0.167 e. The SMILES string of the molecule is CC(O)c1cccc(OCc2ccccc2)c1OCc1ccccc1. The summed E-state index contributed by atoms with van der Waals surface area (Å²) in [6, 6.07) is 25.5. The first-order valence-electron chi connectivity index (χ1n) is 8.38. The average molecular weight is 334 g/mol. The van der Waals surface area contributed by atoms with Gasteiger partial charge in [-0.15, -0.1) is 0 Å². The Morgan fingerprint density at radius 2 is 1.28 bits per heavy atom. The van der Waals surface area contributed by atoms with Gasteiger partial charge in [0.1, 0.15) is 13.2 Å². The quantitative estimate of drug-likeness (QED) is 0.668. The highest BCUT2D eigenvalue weighted by atomic mass is 16.5. The molecule has 25 heavy (non-hydrogen) atoms. The van der Waals surface area contributed by atoms with Crippen LogP contribution in [-0.4, -0.2) is 5.11 Å². The third kappa shape index (κ3) is 4.61. The Morgan fingerprint density at radius 3 is 1.84 bits per heavy atom. The highest BCUT2D eigenvalue weighted by Gasteiger charge is 2.15. The third-order valence-corrected chi connectivity index (χ3v) is 3.92. The number of aliphatic hydroxyl groups excluding tert-OH is 1. The number of hydrogen-bond donors (Lipinski definition) is 1. The molecule has 0 saturated carbocycles. The second-order valence-electron chi connectivity index (χ2n) is 5.90. The fourth-order valence-corrected chi connectivity index (χ4v) is 2.59. The van der Waals surface area contributed by atoms with Crippen molar-refractivity contribution in [1.82, 2.24) is 0 Å². The van der Waals surface area contributed by atoms with Crippen molar-refractivity contribution in [2.75, 3.05) is 0 Å². The molecule has 0 saturated heterocycles. The van der Waals surface area contributed by atoms with Crippen molar-refractivity contribution in [2.45, 2.75) is 26.2 Å². The third-order valence-electron chi connectivity index (χ3n) is 3.92. The predicted molar refractivity (Wildman–Crippen MR) is 98.6 cm³/mol. The van der Waals surface area contributed by atoms with E-state index in [4.69, 9.17) is 9.47 Å². The van der Waals surface area contributed by atoms with E-state index in [1.165, 1.54) is 0 Å². The van der Waals surface area contributed by atoms with E-state index in [0.717, 1.165) is 16.7 Å². The molecule has 0 aromatic heterocycles. The van der Waals surface area contributed by atoms with Gasteiger partial charge in [0.25, 0.3) is 0 Å². The van der Waals surface area contributed by atoms with Crippen LogP contribution in [0, 0.1) is 0 Å². The van der Waals surface area contributed by atoms with E-state index in [0.29, 0.717) is 24.7 Å². The minimum Gasteiger partial charge on any atom is -0.485 e. The first-order chi connectivity index (χ1) is 12.2. The Kier molecular flexibility index (Phi) is 5.70. The van der Waals surface area contributed by atoms with Gasteiger partial charge in [0.15, 0.2) is 11.5 Å². The largest absolute Gasteiger partial charge is 0.485 e.